The standard InChI is InChI=1S/C12H26N2O2/c1-8-12(4,9-11(2,3)16)14(7)10(15)13(5)6/h16H,8-9H2,1-7H3. The van der Waals surface area contributed by atoms with Crippen molar-refractivity contribution in [3.8, 4) is 0 Å². The van der Waals surface area contributed by atoms with E-state index < -0.39 is 5.60 Å². The number of carbonyl (C=O) groups is 1. The first-order valence-electron chi connectivity index (χ1n) is 5.71. The van der Waals surface area contributed by atoms with Crippen LogP contribution in [0.25, 0.3) is 0 Å². The van der Waals surface area contributed by atoms with Gasteiger partial charge >= 0.3 is 6.03 Å². The second-order valence-corrected chi connectivity index (χ2v) is 5.58. The maximum Gasteiger partial charge on any atom is 0.319 e. The van der Waals surface area contributed by atoms with E-state index in [9.17, 15) is 9.90 Å². The second kappa shape index (κ2) is 5.04. The zero-order chi connectivity index (χ0) is 13.1. The minimum absolute atomic E-state index is 0.0337. The Balaban J connectivity index is 4.89. The van der Waals surface area contributed by atoms with Gasteiger partial charge in [-0.25, -0.2) is 4.79 Å². The summed E-state index contributed by atoms with van der Waals surface area (Å²) in [5.74, 6) is 0. The smallest absolute Gasteiger partial charge is 0.319 e. The second-order valence-electron chi connectivity index (χ2n) is 5.58. The highest BCUT2D eigenvalue weighted by Gasteiger charge is 2.36. The Bertz CT molecular complexity index is 246. The van der Waals surface area contributed by atoms with E-state index in [1.807, 2.05) is 13.8 Å². The van der Waals surface area contributed by atoms with Gasteiger partial charge in [0.2, 0.25) is 0 Å². The quantitative estimate of drug-likeness (QED) is 0.802. The van der Waals surface area contributed by atoms with Gasteiger partial charge in [-0.3, -0.25) is 0 Å². The van der Waals surface area contributed by atoms with E-state index in [-0.39, 0.29) is 11.6 Å². The normalized spacial score (nSPS) is 15.5. The maximum atomic E-state index is 11.9. The van der Waals surface area contributed by atoms with Crippen molar-refractivity contribution in [2.45, 2.75) is 51.7 Å². The molecule has 0 heterocycles. The Morgan fingerprint density at radius 2 is 1.62 bits per heavy atom. The van der Waals surface area contributed by atoms with Crippen LogP contribution < -0.4 is 0 Å². The van der Waals surface area contributed by atoms with E-state index in [1.54, 1.807) is 44.8 Å². The van der Waals surface area contributed by atoms with E-state index in [0.29, 0.717) is 6.42 Å². The molecule has 0 saturated heterocycles. The highest BCUT2D eigenvalue weighted by atomic mass is 16.3. The molecule has 96 valence electrons. The molecule has 0 radical (unpaired) electrons. The van der Waals surface area contributed by atoms with Crippen molar-refractivity contribution in [1.29, 1.82) is 0 Å². The molecule has 0 fully saturated rings. The number of aliphatic hydroxyl groups is 1. The first-order valence-corrected chi connectivity index (χ1v) is 5.71. The number of nitrogens with zero attached hydrogens (tertiary/aromatic N) is 2. The van der Waals surface area contributed by atoms with Crippen molar-refractivity contribution < 1.29 is 9.90 Å². The number of carbonyl (C=O) groups excluding carboxylic acids is 1. The molecule has 2 amide bonds. The molecule has 1 atom stereocenters. The van der Waals surface area contributed by atoms with Crippen molar-refractivity contribution in [3.05, 3.63) is 0 Å². The van der Waals surface area contributed by atoms with Crippen LogP contribution in [0.2, 0.25) is 0 Å². The average molecular weight is 230 g/mol. The summed E-state index contributed by atoms with van der Waals surface area (Å²) in [6.45, 7) is 7.58. The lowest BCUT2D eigenvalue weighted by Gasteiger charge is -2.42. The fourth-order valence-corrected chi connectivity index (χ4v) is 1.94. The Kier molecular flexibility index (Phi) is 4.80. The van der Waals surface area contributed by atoms with Gasteiger partial charge in [-0.2, -0.15) is 0 Å². The summed E-state index contributed by atoms with van der Waals surface area (Å²) in [6.07, 6.45) is 1.37. The van der Waals surface area contributed by atoms with Crippen molar-refractivity contribution >= 4 is 6.03 Å². The summed E-state index contributed by atoms with van der Waals surface area (Å²) in [7, 11) is 5.26. The molecular formula is C12H26N2O2. The number of amides is 2. The van der Waals surface area contributed by atoms with Gasteiger partial charge in [0.1, 0.15) is 0 Å². The average Bonchev–Trinajstić information content (AvgIpc) is 2.12. The molecule has 0 aromatic rings. The van der Waals surface area contributed by atoms with Crippen molar-refractivity contribution in [2.24, 2.45) is 0 Å². The van der Waals surface area contributed by atoms with Gasteiger partial charge in [0.05, 0.1) is 5.60 Å². The molecule has 0 saturated carbocycles. The maximum absolute atomic E-state index is 11.9. The molecule has 0 aromatic heterocycles. The van der Waals surface area contributed by atoms with Crippen LogP contribution in [-0.4, -0.2) is 53.2 Å². The highest BCUT2D eigenvalue weighted by Crippen LogP contribution is 2.28. The van der Waals surface area contributed by atoms with Crippen molar-refractivity contribution in [1.82, 2.24) is 9.80 Å². The molecule has 0 aromatic carbocycles. The van der Waals surface area contributed by atoms with Crippen LogP contribution in [0.3, 0.4) is 0 Å². The van der Waals surface area contributed by atoms with Crippen LogP contribution >= 0.6 is 0 Å². The molecule has 0 rings (SSSR count). The van der Waals surface area contributed by atoms with Crippen molar-refractivity contribution in [3.63, 3.8) is 0 Å². The summed E-state index contributed by atoms with van der Waals surface area (Å²) < 4.78 is 0. The van der Waals surface area contributed by atoms with Crippen LogP contribution in [0.1, 0.15) is 40.5 Å². The monoisotopic (exact) mass is 230 g/mol. The number of rotatable bonds is 4. The van der Waals surface area contributed by atoms with Crippen LogP contribution in [-0.2, 0) is 0 Å². The van der Waals surface area contributed by atoms with Crippen LogP contribution in [0.4, 0.5) is 4.79 Å². The molecule has 0 aliphatic rings. The summed E-state index contributed by atoms with van der Waals surface area (Å²) in [5, 5.41) is 9.90. The van der Waals surface area contributed by atoms with Gasteiger partial charge < -0.3 is 14.9 Å². The lowest BCUT2D eigenvalue weighted by Crippen LogP contribution is -2.53. The zero-order valence-corrected chi connectivity index (χ0v) is 11.7. The molecule has 4 heteroatoms. The first-order chi connectivity index (χ1) is 7.03. The molecule has 1 unspecified atom stereocenters. The lowest BCUT2D eigenvalue weighted by molar-refractivity contribution is 0.00942. The Hall–Kier alpha value is -0.770. The van der Waals surface area contributed by atoms with Crippen LogP contribution in [0.15, 0.2) is 0 Å². The summed E-state index contributed by atoms with van der Waals surface area (Å²) in [4.78, 5) is 15.2. The fraction of sp³-hybridized carbons (Fsp3) is 0.917. The molecule has 0 spiro atoms. The Labute approximate surface area is 99.2 Å². The summed E-state index contributed by atoms with van der Waals surface area (Å²) in [5.41, 5.74) is -1.09. The third-order valence-corrected chi connectivity index (χ3v) is 3.05. The summed E-state index contributed by atoms with van der Waals surface area (Å²) in [6, 6.07) is -0.0337. The van der Waals surface area contributed by atoms with Gasteiger partial charge in [-0.05, 0) is 33.6 Å². The van der Waals surface area contributed by atoms with Gasteiger partial charge in [0.25, 0.3) is 0 Å². The van der Waals surface area contributed by atoms with E-state index in [4.69, 9.17) is 0 Å². The lowest BCUT2D eigenvalue weighted by atomic mass is 9.84. The minimum Gasteiger partial charge on any atom is -0.390 e. The fourth-order valence-electron chi connectivity index (χ4n) is 1.94. The third-order valence-electron chi connectivity index (χ3n) is 3.05. The zero-order valence-electron chi connectivity index (χ0n) is 11.7. The van der Waals surface area contributed by atoms with E-state index in [0.717, 1.165) is 6.42 Å². The topological polar surface area (TPSA) is 43.8 Å². The van der Waals surface area contributed by atoms with Crippen LogP contribution in [0.5, 0.6) is 0 Å². The minimum atomic E-state index is -0.772. The molecule has 0 aliphatic carbocycles. The summed E-state index contributed by atoms with van der Waals surface area (Å²) >= 11 is 0. The predicted molar refractivity (Wildman–Crippen MR) is 66.5 cm³/mol. The molecule has 0 bridgehead atoms. The van der Waals surface area contributed by atoms with Gasteiger partial charge in [-0.15, -0.1) is 0 Å². The number of urea groups is 1. The van der Waals surface area contributed by atoms with E-state index >= 15 is 0 Å². The molecule has 16 heavy (non-hydrogen) atoms. The number of hydrogen-bond donors (Lipinski definition) is 1. The molecule has 4 nitrogen and oxygen atoms in total. The Morgan fingerprint density at radius 1 is 1.19 bits per heavy atom. The van der Waals surface area contributed by atoms with Gasteiger partial charge in [0.15, 0.2) is 0 Å². The van der Waals surface area contributed by atoms with Crippen LogP contribution in [0, 0.1) is 0 Å². The molecular weight excluding hydrogens is 204 g/mol. The molecule has 0 aliphatic heterocycles. The SMILES string of the molecule is CCC(C)(CC(C)(C)O)N(C)C(=O)N(C)C. The highest BCUT2D eigenvalue weighted by molar-refractivity contribution is 5.74. The largest absolute Gasteiger partial charge is 0.390 e. The van der Waals surface area contributed by atoms with Crippen molar-refractivity contribution in [2.75, 3.05) is 21.1 Å². The van der Waals surface area contributed by atoms with Gasteiger partial charge in [-0.1, -0.05) is 6.92 Å². The van der Waals surface area contributed by atoms with E-state index in [2.05, 4.69) is 0 Å². The third kappa shape index (κ3) is 4.00. The Morgan fingerprint density at radius 3 is 1.88 bits per heavy atom. The number of hydrogen-bond acceptors (Lipinski definition) is 2. The van der Waals surface area contributed by atoms with E-state index in [1.165, 1.54) is 0 Å². The molecule has 1 N–H and O–H groups in total. The van der Waals surface area contributed by atoms with Gasteiger partial charge in [0, 0.05) is 26.7 Å². The first kappa shape index (κ1) is 15.2. The predicted octanol–water partition coefficient (Wildman–Crippen LogP) is 1.93.